The Bertz CT molecular complexity index is 411. The van der Waals surface area contributed by atoms with Crippen LogP contribution in [0.1, 0.15) is 33.6 Å². The molecule has 1 heterocycles. The Labute approximate surface area is 128 Å². The van der Waals surface area contributed by atoms with Gasteiger partial charge in [0.2, 0.25) is 5.91 Å². The Balaban J connectivity index is 2.39. The van der Waals surface area contributed by atoms with Crippen LogP contribution in [-0.2, 0) is 4.79 Å². The van der Waals surface area contributed by atoms with E-state index >= 15 is 0 Å². The fraction of sp³-hybridized carbons (Fsp3) is 0.615. The van der Waals surface area contributed by atoms with Gasteiger partial charge in [0, 0.05) is 24.8 Å². The highest BCUT2D eigenvalue weighted by Gasteiger charge is 2.11. The molecule has 6 heteroatoms. The van der Waals surface area contributed by atoms with Gasteiger partial charge in [-0.1, -0.05) is 13.8 Å². The topological polar surface area (TPSA) is 57.1 Å². The number of nitrogens with one attached hydrogen (secondary N) is 1. The van der Waals surface area contributed by atoms with Gasteiger partial charge in [-0.25, -0.2) is 4.99 Å². The first-order valence-corrected chi connectivity index (χ1v) is 7.64. The fourth-order valence-corrected chi connectivity index (χ4v) is 2.37. The zero-order valence-electron chi connectivity index (χ0n) is 11.7. The molecule has 0 spiro atoms. The molecule has 5 nitrogen and oxygen atoms in total. The Morgan fingerprint density at radius 2 is 2.26 bits per heavy atom. The van der Waals surface area contributed by atoms with Crippen molar-refractivity contribution >= 4 is 40.5 Å². The summed E-state index contributed by atoms with van der Waals surface area (Å²) in [6.45, 7) is 8.00. The standard InChI is InChI=1S/C13H21IN4O/c1-4-11(10(3)14)13(19)16-7-9-18-8-6-15-12(5-2)17-18/h6H,4-5,7-9H2,1-3H3,(H,16,19)/b11-10-. The van der Waals surface area contributed by atoms with Crippen molar-refractivity contribution in [3.8, 4) is 0 Å². The predicted octanol–water partition coefficient (Wildman–Crippen LogP) is 2.33. The highest BCUT2D eigenvalue weighted by atomic mass is 127. The van der Waals surface area contributed by atoms with Gasteiger partial charge in [-0.15, -0.1) is 0 Å². The number of allylic oxidation sites excluding steroid dienone is 1. The van der Waals surface area contributed by atoms with Crippen molar-refractivity contribution in [2.45, 2.75) is 33.6 Å². The Kier molecular flexibility index (Phi) is 7.04. The first-order chi connectivity index (χ1) is 9.08. The van der Waals surface area contributed by atoms with E-state index in [4.69, 9.17) is 0 Å². The lowest BCUT2D eigenvalue weighted by Crippen LogP contribution is -2.35. The second kappa shape index (κ2) is 8.29. The lowest BCUT2D eigenvalue weighted by molar-refractivity contribution is -0.117. The number of hydrogen-bond acceptors (Lipinski definition) is 4. The summed E-state index contributed by atoms with van der Waals surface area (Å²) >= 11 is 2.19. The van der Waals surface area contributed by atoms with Gasteiger partial charge < -0.3 is 5.32 Å². The minimum atomic E-state index is 0.0276. The number of aliphatic imine (C=N–C) groups is 1. The molecule has 1 aliphatic rings. The second-order valence-corrected chi connectivity index (χ2v) is 5.83. The molecule has 0 aromatic heterocycles. The minimum Gasteiger partial charge on any atom is -0.350 e. The lowest BCUT2D eigenvalue weighted by atomic mass is 10.2. The van der Waals surface area contributed by atoms with Crippen molar-refractivity contribution < 1.29 is 4.79 Å². The number of amides is 1. The lowest BCUT2D eigenvalue weighted by Gasteiger charge is -2.21. The third-order valence-corrected chi connectivity index (χ3v) is 3.46. The zero-order chi connectivity index (χ0) is 14.3. The molecule has 1 aliphatic heterocycles. The Morgan fingerprint density at radius 3 is 2.84 bits per heavy atom. The molecule has 0 radical (unpaired) electrons. The third kappa shape index (κ3) is 5.30. The van der Waals surface area contributed by atoms with Crippen LogP contribution in [0.2, 0.25) is 0 Å². The first-order valence-electron chi connectivity index (χ1n) is 6.56. The highest BCUT2D eigenvalue weighted by molar-refractivity contribution is 14.1. The van der Waals surface area contributed by atoms with E-state index in [1.807, 2.05) is 32.0 Å². The van der Waals surface area contributed by atoms with Crippen molar-refractivity contribution in [1.29, 1.82) is 0 Å². The number of hydrogen-bond donors (Lipinski definition) is 1. The van der Waals surface area contributed by atoms with Gasteiger partial charge in [0.25, 0.3) is 0 Å². The van der Waals surface area contributed by atoms with Gasteiger partial charge in [-0.05, 0) is 39.5 Å². The minimum absolute atomic E-state index is 0.0276. The average molecular weight is 376 g/mol. The van der Waals surface area contributed by atoms with Gasteiger partial charge >= 0.3 is 0 Å². The second-order valence-electron chi connectivity index (χ2n) is 4.22. The van der Waals surface area contributed by atoms with Crippen LogP contribution in [0.5, 0.6) is 0 Å². The molecule has 0 unspecified atom stereocenters. The van der Waals surface area contributed by atoms with Crippen molar-refractivity contribution in [2.24, 2.45) is 10.1 Å². The summed E-state index contributed by atoms with van der Waals surface area (Å²) in [6, 6.07) is 0. The molecule has 1 N–H and O–H groups in total. The molecule has 19 heavy (non-hydrogen) atoms. The smallest absolute Gasteiger partial charge is 0.247 e. The van der Waals surface area contributed by atoms with Crippen LogP contribution in [0.4, 0.5) is 0 Å². The SMILES string of the molecule is CCC1=NN(CCNC(=O)/C(CC)=C(/C)I)CC=N1. The zero-order valence-corrected chi connectivity index (χ0v) is 13.9. The number of nitrogens with zero attached hydrogens (tertiary/aromatic N) is 3. The van der Waals surface area contributed by atoms with E-state index in [2.05, 4.69) is 38.0 Å². The van der Waals surface area contributed by atoms with Gasteiger partial charge in [0.1, 0.15) is 5.84 Å². The highest BCUT2D eigenvalue weighted by Crippen LogP contribution is 2.14. The molecule has 0 aromatic rings. The summed E-state index contributed by atoms with van der Waals surface area (Å²) in [5.74, 6) is 0.870. The molecule has 1 rings (SSSR count). The largest absolute Gasteiger partial charge is 0.350 e. The van der Waals surface area contributed by atoms with Gasteiger partial charge in [0.15, 0.2) is 0 Å². The number of halogens is 1. The normalized spacial score (nSPS) is 16.0. The van der Waals surface area contributed by atoms with Gasteiger partial charge in [-0.3, -0.25) is 9.80 Å². The molecule has 0 fully saturated rings. The van der Waals surface area contributed by atoms with E-state index < -0.39 is 0 Å². The van der Waals surface area contributed by atoms with Gasteiger partial charge in [-0.2, -0.15) is 5.10 Å². The molecule has 0 atom stereocenters. The summed E-state index contributed by atoms with van der Waals surface area (Å²) in [4.78, 5) is 16.1. The summed E-state index contributed by atoms with van der Waals surface area (Å²) < 4.78 is 1.05. The van der Waals surface area contributed by atoms with E-state index in [1.54, 1.807) is 0 Å². The quantitative estimate of drug-likeness (QED) is 0.572. The maximum absolute atomic E-state index is 11.9. The Morgan fingerprint density at radius 1 is 1.53 bits per heavy atom. The third-order valence-electron chi connectivity index (χ3n) is 2.80. The number of rotatable bonds is 6. The number of carbonyl (C=O) groups is 1. The van der Waals surface area contributed by atoms with E-state index in [0.29, 0.717) is 19.6 Å². The molecule has 0 bridgehead atoms. The molecule has 106 valence electrons. The van der Waals surface area contributed by atoms with E-state index in [1.165, 1.54) is 0 Å². The number of amidine groups is 1. The molecule has 0 aromatic carbocycles. The molecular weight excluding hydrogens is 355 g/mol. The number of hydrazone groups is 1. The number of carbonyl (C=O) groups excluding carboxylic acids is 1. The van der Waals surface area contributed by atoms with E-state index in [0.717, 1.165) is 27.8 Å². The molecule has 0 saturated carbocycles. The van der Waals surface area contributed by atoms with Crippen molar-refractivity contribution in [3.05, 3.63) is 9.15 Å². The van der Waals surface area contributed by atoms with Crippen LogP contribution in [0, 0.1) is 0 Å². The maximum atomic E-state index is 11.9. The van der Waals surface area contributed by atoms with Crippen LogP contribution in [-0.4, -0.2) is 42.6 Å². The molecule has 0 saturated heterocycles. The monoisotopic (exact) mass is 376 g/mol. The maximum Gasteiger partial charge on any atom is 0.247 e. The summed E-state index contributed by atoms with van der Waals surface area (Å²) in [7, 11) is 0. The summed E-state index contributed by atoms with van der Waals surface area (Å²) in [5, 5.41) is 9.25. The van der Waals surface area contributed by atoms with Crippen LogP contribution < -0.4 is 5.32 Å². The van der Waals surface area contributed by atoms with Crippen molar-refractivity contribution in [3.63, 3.8) is 0 Å². The summed E-state index contributed by atoms with van der Waals surface area (Å²) in [6.07, 6.45) is 3.45. The van der Waals surface area contributed by atoms with Crippen LogP contribution in [0.25, 0.3) is 0 Å². The summed E-state index contributed by atoms with van der Waals surface area (Å²) in [5.41, 5.74) is 0.860. The van der Waals surface area contributed by atoms with Crippen molar-refractivity contribution in [1.82, 2.24) is 10.3 Å². The van der Waals surface area contributed by atoms with E-state index in [9.17, 15) is 4.79 Å². The van der Waals surface area contributed by atoms with Crippen molar-refractivity contribution in [2.75, 3.05) is 19.6 Å². The fourth-order valence-electron chi connectivity index (χ4n) is 1.74. The average Bonchev–Trinajstić information content (AvgIpc) is 2.39. The molecule has 0 aliphatic carbocycles. The van der Waals surface area contributed by atoms with Crippen LogP contribution in [0.3, 0.4) is 0 Å². The predicted molar refractivity (Wildman–Crippen MR) is 87.8 cm³/mol. The van der Waals surface area contributed by atoms with Crippen LogP contribution in [0.15, 0.2) is 19.2 Å². The molecule has 1 amide bonds. The van der Waals surface area contributed by atoms with Gasteiger partial charge in [0.05, 0.1) is 13.1 Å². The molecular formula is C13H21IN4O. The first kappa shape index (κ1) is 16.1. The Hall–Kier alpha value is -0.920. The van der Waals surface area contributed by atoms with Crippen LogP contribution >= 0.6 is 22.6 Å². The van der Waals surface area contributed by atoms with E-state index in [-0.39, 0.29) is 5.91 Å².